The first-order valence-electron chi connectivity index (χ1n) is 12.7. The molecule has 250 valence electrons. The highest BCUT2D eigenvalue weighted by Crippen LogP contribution is 2.37. The first-order valence-corrected chi connectivity index (χ1v) is 13.9. The summed E-state index contributed by atoms with van der Waals surface area (Å²) in [6.45, 7) is 3.92. The van der Waals surface area contributed by atoms with Crippen LogP contribution in [0.2, 0.25) is 5.02 Å². The molecule has 0 fully saturated rings. The molecule has 19 heteroatoms. The third-order valence-corrected chi connectivity index (χ3v) is 7.01. The summed E-state index contributed by atoms with van der Waals surface area (Å²) in [4.78, 5) is 34.8. The van der Waals surface area contributed by atoms with Crippen LogP contribution < -0.4 is 21.5 Å². The summed E-state index contributed by atoms with van der Waals surface area (Å²) < 4.78 is 71.5. The summed E-state index contributed by atoms with van der Waals surface area (Å²) in [7, 11) is 0. The van der Waals surface area contributed by atoms with E-state index in [4.69, 9.17) is 47.6 Å². The molecule has 1 amide bonds. The van der Waals surface area contributed by atoms with Gasteiger partial charge in [-0.05, 0) is 30.7 Å². The van der Waals surface area contributed by atoms with Crippen LogP contribution in [-0.4, -0.2) is 63.1 Å². The molecule has 0 spiro atoms. The average Bonchev–Trinajstić information content (AvgIpc) is 3.57. The van der Waals surface area contributed by atoms with Gasteiger partial charge in [-0.3, -0.25) is 9.36 Å². The van der Waals surface area contributed by atoms with E-state index in [-0.39, 0.29) is 6.10 Å². The molecule has 0 bridgehead atoms. The number of nitrogens with zero attached hydrogens (tertiary/aromatic N) is 2. The van der Waals surface area contributed by atoms with Crippen molar-refractivity contribution in [3.8, 4) is 10.8 Å². The maximum atomic E-state index is 12.1. The lowest BCUT2D eigenvalue weighted by atomic mass is 10.1. The van der Waals surface area contributed by atoms with Crippen molar-refractivity contribution in [2.45, 2.75) is 31.9 Å². The van der Waals surface area contributed by atoms with E-state index < -0.39 is 30.2 Å². The number of aromatic nitrogens is 2. The molecule has 46 heavy (non-hydrogen) atoms. The van der Waals surface area contributed by atoms with Gasteiger partial charge in [0.15, 0.2) is 0 Å². The summed E-state index contributed by atoms with van der Waals surface area (Å²) in [5.74, 6) is -5.63. The molecule has 0 unspecified atom stereocenters. The van der Waals surface area contributed by atoms with Crippen LogP contribution in [0.1, 0.15) is 33.8 Å². The van der Waals surface area contributed by atoms with Gasteiger partial charge in [0.25, 0.3) is 5.91 Å². The number of benzene rings is 2. The maximum absolute atomic E-state index is 12.1. The summed E-state index contributed by atoms with van der Waals surface area (Å²) >= 11 is 7.57. The van der Waals surface area contributed by atoms with Gasteiger partial charge < -0.3 is 31.7 Å². The fraction of sp³-hybridized carbons (Fsp3) is 0.259. The number of amides is 1. The first kappa shape index (κ1) is 37.8. The number of nitrogens with two attached hydrogens (primary N) is 2. The predicted octanol–water partition coefficient (Wildman–Crippen LogP) is 5.29. The molecule has 4 rings (SSSR count). The number of ether oxygens (including phenoxy) is 1. The fourth-order valence-corrected chi connectivity index (χ4v) is 4.69. The zero-order valence-electron chi connectivity index (χ0n) is 23.5. The zero-order chi connectivity index (χ0) is 34.8. The quantitative estimate of drug-likeness (QED) is 0.115. The van der Waals surface area contributed by atoms with Gasteiger partial charge in [0.2, 0.25) is 0 Å². The molecule has 0 aliphatic rings. The molecule has 1 atom stereocenters. The minimum atomic E-state index is -5.08. The number of alkyl halides is 6. The SMILES string of the molecule is C[C@@H](Oc1cc(-n2cnc3ccc(CNCCN)cc32)sc1C(N)=O)c1ccccc1Cl.O=C(O)C(F)(F)F.O=C(O)C(F)(F)F. The van der Waals surface area contributed by atoms with E-state index in [2.05, 4.69) is 16.4 Å². The molecule has 0 radical (unpaired) electrons. The van der Waals surface area contributed by atoms with Gasteiger partial charge in [0.1, 0.15) is 28.1 Å². The van der Waals surface area contributed by atoms with E-state index in [0.717, 1.165) is 33.7 Å². The molecule has 0 saturated carbocycles. The minimum absolute atomic E-state index is 0.349. The second-order valence-corrected chi connectivity index (χ2v) is 10.4. The van der Waals surface area contributed by atoms with Crippen LogP contribution in [0.15, 0.2) is 54.9 Å². The number of halogens is 7. The van der Waals surface area contributed by atoms with Gasteiger partial charge in [-0.1, -0.05) is 35.9 Å². The Morgan fingerprint density at radius 2 is 1.63 bits per heavy atom. The van der Waals surface area contributed by atoms with Crippen molar-refractivity contribution in [3.05, 3.63) is 75.9 Å². The Balaban J connectivity index is 0.000000440. The lowest BCUT2D eigenvalue weighted by molar-refractivity contribution is -0.193. The fourth-order valence-electron chi connectivity index (χ4n) is 3.47. The zero-order valence-corrected chi connectivity index (χ0v) is 25.1. The van der Waals surface area contributed by atoms with Crippen molar-refractivity contribution in [1.29, 1.82) is 0 Å². The number of hydrogen-bond acceptors (Lipinski definition) is 8. The number of primary amides is 1. The van der Waals surface area contributed by atoms with Crippen LogP contribution in [0.25, 0.3) is 16.0 Å². The maximum Gasteiger partial charge on any atom is 0.490 e. The molecule has 0 aliphatic heterocycles. The van der Waals surface area contributed by atoms with Crippen LogP contribution in [-0.2, 0) is 16.1 Å². The van der Waals surface area contributed by atoms with Crippen molar-refractivity contribution >= 4 is 51.8 Å². The number of rotatable bonds is 9. The van der Waals surface area contributed by atoms with Gasteiger partial charge in [-0.25, -0.2) is 14.6 Å². The third kappa shape index (κ3) is 10.9. The van der Waals surface area contributed by atoms with Gasteiger partial charge in [0.05, 0.1) is 11.0 Å². The Labute approximate surface area is 265 Å². The second kappa shape index (κ2) is 16.3. The average molecular weight is 698 g/mol. The van der Waals surface area contributed by atoms with Gasteiger partial charge in [-0.2, -0.15) is 26.3 Å². The Bertz CT molecular complexity index is 1640. The molecule has 11 nitrogen and oxygen atoms in total. The summed E-state index contributed by atoms with van der Waals surface area (Å²) in [6, 6.07) is 15.4. The Morgan fingerprint density at radius 3 is 2.15 bits per heavy atom. The molecule has 7 N–H and O–H groups in total. The number of carboxylic acid groups (broad SMARTS) is 2. The van der Waals surface area contributed by atoms with E-state index in [9.17, 15) is 31.1 Å². The number of aliphatic carboxylic acids is 2. The van der Waals surface area contributed by atoms with E-state index >= 15 is 0 Å². The number of carbonyl (C=O) groups is 3. The van der Waals surface area contributed by atoms with Crippen molar-refractivity contribution in [2.75, 3.05) is 13.1 Å². The summed E-state index contributed by atoms with van der Waals surface area (Å²) in [5.41, 5.74) is 14.9. The topological polar surface area (TPSA) is 183 Å². The normalized spacial score (nSPS) is 11.9. The number of hydrogen-bond donors (Lipinski definition) is 5. The van der Waals surface area contributed by atoms with E-state index in [1.54, 1.807) is 6.33 Å². The van der Waals surface area contributed by atoms with E-state index in [0.29, 0.717) is 28.7 Å². The van der Waals surface area contributed by atoms with Crippen LogP contribution >= 0.6 is 22.9 Å². The molecule has 0 aliphatic carbocycles. The Kier molecular flexibility index (Phi) is 13.4. The molecule has 2 heterocycles. The number of carboxylic acids is 2. The smallest absolute Gasteiger partial charge is 0.484 e. The van der Waals surface area contributed by atoms with E-state index in [1.165, 1.54) is 11.3 Å². The van der Waals surface area contributed by atoms with Crippen molar-refractivity contribution in [3.63, 3.8) is 0 Å². The van der Waals surface area contributed by atoms with E-state index in [1.807, 2.05) is 54.0 Å². The Morgan fingerprint density at radius 1 is 1.04 bits per heavy atom. The van der Waals surface area contributed by atoms with Crippen molar-refractivity contribution in [1.82, 2.24) is 14.9 Å². The van der Waals surface area contributed by atoms with Crippen LogP contribution in [0.5, 0.6) is 5.75 Å². The number of carbonyl (C=O) groups excluding carboxylic acids is 1. The molecule has 2 aromatic heterocycles. The highest BCUT2D eigenvalue weighted by molar-refractivity contribution is 7.16. The molecule has 0 saturated heterocycles. The van der Waals surface area contributed by atoms with Crippen molar-refractivity contribution < 1.29 is 55.7 Å². The lowest BCUT2D eigenvalue weighted by Crippen LogP contribution is -2.21. The second-order valence-electron chi connectivity index (χ2n) is 8.93. The summed E-state index contributed by atoms with van der Waals surface area (Å²) in [5, 5.41) is 18.9. The highest BCUT2D eigenvalue weighted by atomic mass is 35.5. The number of imidazole rings is 1. The van der Waals surface area contributed by atoms with Gasteiger partial charge in [0, 0.05) is 36.3 Å². The monoisotopic (exact) mass is 697 g/mol. The molecule has 2 aromatic carbocycles. The number of thiophene rings is 1. The largest absolute Gasteiger partial charge is 0.490 e. The van der Waals surface area contributed by atoms with Gasteiger partial charge in [-0.15, -0.1) is 11.3 Å². The molecule has 4 aromatic rings. The minimum Gasteiger partial charge on any atom is -0.484 e. The number of fused-ring (bicyclic) bond motifs is 1. The molecular formula is C27H26ClF6N5O6S. The van der Waals surface area contributed by atoms with Crippen LogP contribution in [0.4, 0.5) is 26.3 Å². The Hall–Kier alpha value is -4.39. The van der Waals surface area contributed by atoms with Crippen LogP contribution in [0.3, 0.4) is 0 Å². The first-order chi connectivity index (χ1) is 21.4. The molecular weight excluding hydrogens is 672 g/mol. The van der Waals surface area contributed by atoms with Gasteiger partial charge >= 0.3 is 24.3 Å². The third-order valence-electron chi connectivity index (χ3n) is 5.54. The highest BCUT2D eigenvalue weighted by Gasteiger charge is 2.38. The predicted molar refractivity (Wildman–Crippen MR) is 156 cm³/mol. The number of nitrogens with one attached hydrogen (secondary N) is 1. The standard InChI is InChI=1S/C23H24ClN5O2S.2C2HF3O2/c1-14(16-4-2-3-5-17(16)24)31-20-11-21(32-22(20)23(26)30)29-13-28-18-7-6-15(10-19(18)29)12-27-9-8-25;2*3-2(4,5)1(6)7/h2-7,10-11,13-14,27H,8-9,12,25H2,1H3,(H2,26,30);2*(H,6,7)/t14-;;/m1../s1. The summed E-state index contributed by atoms with van der Waals surface area (Å²) in [6.07, 6.45) is -8.79. The van der Waals surface area contributed by atoms with Crippen LogP contribution in [0, 0.1) is 0 Å². The lowest BCUT2D eigenvalue weighted by Gasteiger charge is -2.16. The van der Waals surface area contributed by atoms with Crippen molar-refractivity contribution in [2.24, 2.45) is 11.5 Å².